The molecule has 160 valence electrons. The molecule has 0 unspecified atom stereocenters. The minimum Gasteiger partial charge on any atom is -0.372 e. The van der Waals surface area contributed by atoms with Crippen molar-refractivity contribution in [3.63, 3.8) is 0 Å². The van der Waals surface area contributed by atoms with Crippen molar-refractivity contribution < 1.29 is 4.79 Å². The van der Waals surface area contributed by atoms with Gasteiger partial charge >= 0.3 is 0 Å². The number of hydrogen-bond acceptors (Lipinski definition) is 5. The Labute approximate surface area is 181 Å². The van der Waals surface area contributed by atoms with Crippen LogP contribution in [-0.2, 0) is 11.2 Å². The van der Waals surface area contributed by atoms with Crippen LogP contribution in [0.3, 0.4) is 0 Å². The van der Waals surface area contributed by atoms with Crippen LogP contribution in [0.25, 0.3) is 11.4 Å². The standard InChI is InChI=1S/C24H27N5O2/c1-16-9-12-29(13-10-16)20-7-5-19(6-8-20)27-22(30)14-21-17(2)26-23(28-24(21)31)18-4-3-11-25-15-18/h3-8,11,15-16H,9-10,12-14H2,1-2H3,(H,27,30)(H,26,28,31). The maximum atomic E-state index is 12.6. The number of carbonyl (C=O) groups is 1. The van der Waals surface area contributed by atoms with Gasteiger partial charge in [-0.05, 0) is 62.1 Å². The third kappa shape index (κ3) is 4.99. The molecule has 1 amide bonds. The Morgan fingerprint density at radius 3 is 2.58 bits per heavy atom. The summed E-state index contributed by atoms with van der Waals surface area (Å²) in [5, 5.41) is 2.88. The minimum atomic E-state index is -0.309. The molecule has 0 atom stereocenters. The number of nitrogens with zero attached hydrogens (tertiary/aromatic N) is 3. The molecule has 0 bridgehead atoms. The van der Waals surface area contributed by atoms with Crippen molar-refractivity contribution in [3.05, 3.63) is 70.4 Å². The van der Waals surface area contributed by atoms with Gasteiger partial charge in [-0.3, -0.25) is 14.6 Å². The molecular formula is C24H27N5O2. The summed E-state index contributed by atoms with van der Waals surface area (Å²) in [6, 6.07) is 11.5. The quantitative estimate of drug-likeness (QED) is 0.662. The average Bonchev–Trinajstić information content (AvgIpc) is 2.78. The van der Waals surface area contributed by atoms with Crippen molar-refractivity contribution in [3.8, 4) is 11.4 Å². The predicted molar refractivity (Wildman–Crippen MR) is 122 cm³/mol. The summed E-state index contributed by atoms with van der Waals surface area (Å²) in [5.74, 6) is 0.987. The van der Waals surface area contributed by atoms with E-state index < -0.39 is 0 Å². The highest BCUT2D eigenvalue weighted by Gasteiger charge is 2.17. The normalized spacial score (nSPS) is 14.5. The van der Waals surface area contributed by atoms with Crippen molar-refractivity contribution >= 4 is 17.3 Å². The molecule has 31 heavy (non-hydrogen) atoms. The first kappa shape index (κ1) is 20.8. The highest BCUT2D eigenvalue weighted by molar-refractivity contribution is 5.92. The molecule has 3 aromatic rings. The minimum absolute atomic E-state index is 0.0345. The van der Waals surface area contributed by atoms with Gasteiger partial charge in [0, 0.05) is 53.7 Å². The Balaban J connectivity index is 1.41. The van der Waals surface area contributed by atoms with E-state index in [4.69, 9.17) is 0 Å². The summed E-state index contributed by atoms with van der Waals surface area (Å²) in [4.78, 5) is 38.8. The zero-order chi connectivity index (χ0) is 21.8. The van der Waals surface area contributed by atoms with E-state index in [-0.39, 0.29) is 17.9 Å². The summed E-state index contributed by atoms with van der Waals surface area (Å²) < 4.78 is 0. The Bertz CT molecular complexity index is 1100. The topological polar surface area (TPSA) is 91.0 Å². The number of hydrogen-bond donors (Lipinski definition) is 2. The summed E-state index contributed by atoms with van der Waals surface area (Å²) in [7, 11) is 0. The molecule has 1 fully saturated rings. The monoisotopic (exact) mass is 417 g/mol. The summed E-state index contributed by atoms with van der Waals surface area (Å²) in [6.45, 7) is 6.17. The molecule has 0 aliphatic carbocycles. The van der Waals surface area contributed by atoms with Gasteiger partial charge < -0.3 is 15.2 Å². The Hall–Kier alpha value is -3.48. The third-order valence-electron chi connectivity index (χ3n) is 5.79. The number of piperidine rings is 1. The number of H-pyrrole nitrogens is 1. The van der Waals surface area contributed by atoms with Crippen LogP contribution in [0, 0.1) is 12.8 Å². The smallest absolute Gasteiger partial charge is 0.255 e. The van der Waals surface area contributed by atoms with E-state index in [1.807, 2.05) is 30.3 Å². The van der Waals surface area contributed by atoms with Gasteiger partial charge in [-0.15, -0.1) is 0 Å². The lowest BCUT2D eigenvalue weighted by Gasteiger charge is -2.32. The average molecular weight is 418 g/mol. The van der Waals surface area contributed by atoms with Crippen LogP contribution in [0.4, 0.5) is 11.4 Å². The number of rotatable bonds is 5. The molecule has 7 nitrogen and oxygen atoms in total. The molecule has 1 aromatic carbocycles. The fraction of sp³-hybridized carbons (Fsp3) is 0.333. The largest absolute Gasteiger partial charge is 0.372 e. The van der Waals surface area contributed by atoms with Gasteiger partial charge in [0.05, 0.1) is 6.42 Å². The van der Waals surface area contributed by atoms with Gasteiger partial charge in [0.25, 0.3) is 5.56 Å². The van der Waals surface area contributed by atoms with Gasteiger partial charge in [-0.25, -0.2) is 4.98 Å². The first-order valence-electron chi connectivity index (χ1n) is 10.6. The fourth-order valence-corrected chi connectivity index (χ4v) is 3.85. The van der Waals surface area contributed by atoms with Gasteiger partial charge in [-0.1, -0.05) is 6.92 Å². The van der Waals surface area contributed by atoms with Crippen LogP contribution in [-0.4, -0.2) is 33.9 Å². The van der Waals surface area contributed by atoms with E-state index >= 15 is 0 Å². The molecule has 0 spiro atoms. The highest BCUT2D eigenvalue weighted by Crippen LogP contribution is 2.24. The van der Waals surface area contributed by atoms with Gasteiger partial charge in [0.1, 0.15) is 5.82 Å². The number of amides is 1. The van der Waals surface area contributed by atoms with Crippen molar-refractivity contribution in [2.75, 3.05) is 23.3 Å². The zero-order valence-corrected chi connectivity index (χ0v) is 17.9. The zero-order valence-electron chi connectivity index (χ0n) is 17.9. The number of carbonyl (C=O) groups excluding carboxylic acids is 1. The number of aromatic nitrogens is 3. The molecular weight excluding hydrogens is 390 g/mol. The fourth-order valence-electron chi connectivity index (χ4n) is 3.85. The summed E-state index contributed by atoms with van der Waals surface area (Å²) in [5.41, 5.74) is 3.20. The van der Waals surface area contributed by atoms with Crippen LogP contribution in [0.1, 0.15) is 31.0 Å². The number of pyridine rings is 1. The maximum absolute atomic E-state index is 12.6. The van der Waals surface area contributed by atoms with Crippen molar-refractivity contribution in [2.45, 2.75) is 33.1 Å². The van der Waals surface area contributed by atoms with Crippen LogP contribution < -0.4 is 15.8 Å². The Kier molecular flexibility index (Phi) is 6.11. The molecule has 1 aliphatic rings. The molecule has 2 N–H and O–H groups in total. The number of aromatic amines is 1. The van der Waals surface area contributed by atoms with E-state index in [9.17, 15) is 9.59 Å². The second kappa shape index (κ2) is 9.12. The van der Waals surface area contributed by atoms with Crippen LogP contribution >= 0.6 is 0 Å². The van der Waals surface area contributed by atoms with Crippen LogP contribution in [0.2, 0.25) is 0 Å². The Morgan fingerprint density at radius 2 is 1.94 bits per heavy atom. The molecule has 2 aromatic heterocycles. The SMILES string of the molecule is Cc1nc(-c2cccnc2)[nH]c(=O)c1CC(=O)Nc1ccc(N2CCC(C)CC2)cc1. The predicted octanol–water partition coefficient (Wildman–Crippen LogP) is 3.56. The molecule has 7 heteroatoms. The molecule has 0 radical (unpaired) electrons. The van der Waals surface area contributed by atoms with E-state index in [1.165, 1.54) is 18.5 Å². The Morgan fingerprint density at radius 1 is 1.19 bits per heavy atom. The molecule has 1 saturated heterocycles. The number of benzene rings is 1. The molecule has 0 saturated carbocycles. The van der Waals surface area contributed by atoms with Gasteiger partial charge in [-0.2, -0.15) is 0 Å². The van der Waals surface area contributed by atoms with E-state index in [0.29, 0.717) is 22.8 Å². The lowest BCUT2D eigenvalue weighted by Crippen LogP contribution is -2.32. The van der Waals surface area contributed by atoms with Crippen molar-refractivity contribution in [1.82, 2.24) is 15.0 Å². The summed E-state index contributed by atoms with van der Waals surface area (Å²) in [6.07, 6.45) is 5.68. The number of aryl methyl sites for hydroxylation is 1. The third-order valence-corrected chi connectivity index (χ3v) is 5.79. The van der Waals surface area contributed by atoms with E-state index in [0.717, 1.165) is 24.6 Å². The summed E-state index contributed by atoms with van der Waals surface area (Å²) >= 11 is 0. The molecule has 3 heterocycles. The first-order chi connectivity index (χ1) is 15.0. The first-order valence-corrected chi connectivity index (χ1v) is 10.6. The highest BCUT2D eigenvalue weighted by atomic mass is 16.2. The number of anilines is 2. The lowest BCUT2D eigenvalue weighted by atomic mass is 9.99. The van der Waals surface area contributed by atoms with Gasteiger partial charge in [0.15, 0.2) is 0 Å². The van der Waals surface area contributed by atoms with Crippen molar-refractivity contribution in [1.29, 1.82) is 0 Å². The second-order valence-electron chi connectivity index (χ2n) is 8.16. The molecule has 1 aliphatic heterocycles. The van der Waals surface area contributed by atoms with E-state index in [1.54, 1.807) is 25.4 Å². The lowest BCUT2D eigenvalue weighted by molar-refractivity contribution is -0.115. The number of nitrogens with one attached hydrogen (secondary N) is 2. The van der Waals surface area contributed by atoms with Crippen LogP contribution in [0.15, 0.2) is 53.6 Å². The van der Waals surface area contributed by atoms with Crippen LogP contribution in [0.5, 0.6) is 0 Å². The van der Waals surface area contributed by atoms with Crippen molar-refractivity contribution in [2.24, 2.45) is 5.92 Å². The maximum Gasteiger partial charge on any atom is 0.255 e. The van der Waals surface area contributed by atoms with E-state index in [2.05, 4.69) is 32.1 Å². The second-order valence-corrected chi connectivity index (χ2v) is 8.16. The molecule has 4 rings (SSSR count). The van der Waals surface area contributed by atoms with Gasteiger partial charge in [0.2, 0.25) is 5.91 Å².